The molecule has 0 aliphatic rings. The lowest BCUT2D eigenvalue weighted by Gasteiger charge is -2.14. The van der Waals surface area contributed by atoms with E-state index in [0.717, 1.165) is 22.4 Å². The molecule has 1 amide bonds. The quantitative estimate of drug-likeness (QED) is 0.381. The largest absolute Gasteiger partial charge is 0.438 e. The summed E-state index contributed by atoms with van der Waals surface area (Å²) in [4.78, 5) is 25.7. The van der Waals surface area contributed by atoms with Crippen molar-refractivity contribution in [3.8, 4) is 22.9 Å². The molecular formula is C27H26N4O2. The second-order valence-electron chi connectivity index (χ2n) is 8.22. The molecule has 0 aliphatic heterocycles. The number of aromatic nitrogens is 3. The highest BCUT2D eigenvalue weighted by Crippen LogP contribution is 2.32. The lowest BCUT2D eigenvalue weighted by molar-refractivity contribution is 0.102. The van der Waals surface area contributed by atoms with Gasteiger partial charge in [0.15, 0.2) is 0 Å². The van der Waals surface area contributed by atoms with Crippen LogP contribution in [0.3, 0.4) is 0 Å². The number of rotatable bonds is 6. The van der Waals surface area contributed by atoms with E-state index in [1.165, 1.54) is 11.9 Å². The van der Waals surface area contributed by atoms with Gasteiger partial charge in [0.25, 0.3) is 5.91 Å². The average Bonchev–Trinajstić information content (AvgIpc) is 2.82. The highest BCUT2D eigenvalue weighted by Gasteiger charge is 2.15. The van der Waals surface area contributed by atoms with E-state index in [1.54, 1.807) is 30.6 Å². The number of aryl methyl sites for hydroxylation is 2. The first-order valence-electron chi connectivity index (χ1n) is 10.8. The van der Waals surface area contributed by atoms with Gasteiger partial charge in [-0.2, -0.15) is 0 Å². The van der Waals surface area contributed by atoms with E-state index < -0.39 is 0 Å². The smallest absolute Gasteiger partial charge is 0.255 e. The summed E-state index contributed by atoms with van der Waals surface area (Å²) < 4.78 is 6.16. The van der Waals surface area contributed by atoms with Gasteiger partial charge in [0.05, 0.1) is 11.3 Å². The van der Waals surface area contributed by atoms with E-state index in [-0.39, 0.29) is 5.91 Å². The highest BCUT2D eigenvalue weighted by atomic mass is 16.5. The van der Waals surface area contributed by atoms with Gasteiger partial charge in [-0.1, -0.05) is 32.0 Å². The van der Waals surface area contributed by atoms with Crippen LogP contribution in [-0.2, 0) is 0 Å². The van der Waals surface area contributed by atoms with Crippen molar-refractivity contribution < 1.29 is 9.53 Å². The standard InChI is InChI=1S/C27H26N4O2/c1-17(2)20-9-7-18(3)24(14-20)31-26(32)21-10-8-19(4)25(15-21)33-27-22(6-5-12-29-27)23-11-13-28-16-30-23/h5-17H,1-4H3,(H,31,32). The first-order chi connectivity index (χ1) is 15.9. The van der Waals surface area contributed by atoms with Crippen LogP contribution in [0.5, 0.6) is 11.6 Å². The second kappa shape index (κ2) is 9.61. The van der Waals surface area contributed by atoms with Crippen LogP contribution in [0, 0.1) is 13.8 Å². The van der Waals surface area contributed by atoms with Crippen molar-refractivity contribution in [2.45, 2.75) is 33.6 Å². The first-order valence-corrected chi connectivity index (χ1v) is 10.8. The summed E-state index contributed by atoms with van der Waals surface area (Å²) in [5.41, 5.74) is 5.85. The van der Waals surface area contributed by atoms with Gasteiger partial charge in [0.1, 0.15) is 12.1 Å². The predicted octanol–water partition coefficient (Wildman–Crippen LogP) is 6.32. The Bertz CT molecular complexity index is 1290. The number of carbonyl (C=O) groups excluding carboxylic acids is 1. The summed E-state index contributed by atoms with van der Waals surface area (Å²) >= 11 is 0. The molecule has 166 valence electrons. The van der Waals surface area contributed by atoms with Crippen molar-refractivity contribution >= 4 is 11.6 Å². The lowest BCUT2D eigenvalue weighted by Crippen LogP contribution is -2.13. The highest BCUT2D eigenvalue weighted by molar-refractivity contribution is 6.05. The third kappa shape index (κ3) is 5.06. The maximum atomic E-state index is 13.1. The van der Waals surface area contributed by atoms with Crippen molar-refractivity contribution in [1.82, 2.24) is 15.0 Å². The number of pyridine rings is 1. The molecular weight excluding hydrogens is 412 g/mol. The topological polar surface area (TPSA) is 77.0 Å². The predicted molar refractivity (Wildman–Crippen MR) is 130 cm³/mol. The van der Waals surface area contributed by atoms with Gasteiger partial charge in [-0.3, -0.25) is 4.79 Å². The van der Waals surface area contributed by atoms with Crippen LogP contribution in [0.15, 0.2) is 73.3 Å². The number of benzene rings is 2. The van der Waals surface area contributed by atoms with Crippen LogP contribution in [0.1, 0.15) is 46.8 Å². The van der Waals surface area contributed by atoms with Gasteiger partial charge in [0, 0.05) is 23.6 Å². The maximum Gasteiger partial charge on any atom is 0.255 e. The monoisotopic (exact) mass is 438 g/mol. The van der Waals surface area contributed by atoms with Gasteiger partial charge in [-0.25, -0.2) is 15.0 Å². The SMILES string of the molecule is Cc1ccc(C(C)C)cc1NC(=O)c1ccc(C)c(Oc2ncccc2-c2ccncn2)c1. The van der Waals surface area contributed by atoms with E-state index >= 15 is 0 Å². The molecule has 0 saturated carbocycles. The Morgan fingerprint density at radius 2 is 1.76 bits per heavy atom. The Kier molecular flexibility index (Phi) is 6.45. The molecule has 4 rings (SSSR count). The minimum Gasteiger partial charge on any atom is -0.438 e. The summed E-state index contributed by atoms with van der Waals surface area (Å²) in [5, 5.41) is 3.04. The molecule has 0 bridgehead atoms. The van der Waals surface area contributed by atoms with Crippen LogP contribution < -0.4 is 10.1 Å². The number of carbonyl (C=O) groups is 1. The summed E-state index contributed by atoms with van der Waals surface area (Å²) in [6.07, 6.45) is 4.82. The minimum atomic E-state index is -0.194. The van der Waals surface area contributed by atoms with Gasteiger partial charge in [-0.05, 0) is 72.9 Å². The summed E-state index contributed by atoms with van der Waals surface area (Å²) in [5.74, 6) is 1.16. The Hall–Kier alpha value is -4.06. The van der Waals surface area contributed by atoms with Crippen LogP contribution >= 0.6 is 0 Å². The number of nitrogens with zero attached hydrogens (tertiary/aromatic N) is 3. The van der Waals surface area contributed by atoms with Crippen LogP contribution in [-0.4, -0.2) is 20.9 Å². The number of hydrogen-bond acceptors (Lipinski definition) is 5. The van der Waals surface area contributed by atoms with E-state index in [4.69, 9.17) is 4.74 Å². The fraction of sp³-hybridized carbons (Fsp3) is 0.185. The number of anilines is 1. The molecule has 6 heteroatoms. The summed E-state index contributed by atoms with van der Waals surface area (Å²) in [6.45, 7) is 8.18. The summed E-state index contributed by atoms with van der Waals surface area (Å²) in [6, 6.07) is 17.1. The van der Waals surface area contributed by atoms with Gasteiger partial charge < -0.3 is 10.1 Å². The lowest BCUT2D eigenvalue weighted by atomic mass is 10.0. The molecule has 2 heterocycles. The van der Waals surface area contributed by atoms with E-state index in [9.17, 15) is 4.79 Å². The van der Waals surface area contributed by atoms with E-state index in [2.05, 4.69) is 40.2 Å². The molecule has 0 atom stereocenters. The van der Waals surface area contributed by atoms with Crippen molar-refractivity contribution in [3.05, 3.63) is 95.6 Å². The molecule has 0 radical (unpaired) electrons. The molecule has 4 aromatic rings. The third-order valence-electron chi connectivity index (χ3n) is 5.46. The third-order valence-corrected chi connectivity index (χ3v) is 5.46. The number of amides is 1. The Morgan fingerprint density at radius 3 is 2.52 bits per heavy atom. The minimum absolute atomic E-state index is 0.194. The number of ether oxygens (including phenoxy) is 1. The molecule has 0 saturated heterocycles. The van der Waals surface area contributed by atoms with Gasteiger partial charge in [0.2, 0.25) is 5.88 Å². The molecule has 2 aromatic carbocycles. The van der Waals surface area contributed by atoms with Crippen LogP contribution in [0.25, 0.3) is 11.3 Å². The van der Waals surface area contributed by atoms with E-state index in [1.807, 2.05) is 44.2 Å². The normalized spacial score (nSPS) is 10.8. The molecule has 33 heavy (non-hydrogen) atoms. The zero-order valence-corrected chi connectivity index (χ0v) is 19.2. The molecule has 1 N–H and O–H groups in total. The fourth-order valence-corrected chi connectivity index (χ4v) is 3.40. The van der Waals surface area contributed by atoms with Gasteiger partial charge in [-0.15, -0.1) is 0 Å². The van der Waals surface area contributed by atoms with Crippen molar-refractivity contribution in [2.75, 3.05) is 5.32 Å². The van der Waals surface area contributed by atoms with Gasteiger partial charge >= 0.3 is 0 Å². The summed E-state index contributed by atoms with van der Waals surface area (Å²) in [7, 11) is 0. The zero-order valence-electron chi connectivity index (χ0n) is 19.2. The van der Waals surface area contributed by atoms with E-state index in [0.29, 0.717) is 28.8 Å². The average molecular weight is 439 g/mol. The Labute approximate surface area is 193 Å². The van der Waals surface area contributed by atoms with Crippen molar-refractivity contribution in [2.24, 2.45) is 0 Å². The first kappa shape index (κ1) is 22.1. The van der Waals surface area contributed by atoms with Crippen molar-refractivity contribution in [3.63, 3.8) is 0 Å². The van der Waals surface area contributed by atoms with Crippen molar-refractivity contribution in [1.29, 1.82) is 0 Å². The second-order valence-corrected chi connectivity index (χ2v) is 8.22. The Balaban J connectivity index is 1.61. The molecule has 6 nitrogen and oxygen atoms in total. The molecule has 0 unspecified atom stereocenters. The van der Waals surface area contributed by atoms with Crippen LogP contribution in [0.4, 0.5) is 5.69 Å². The molecule has 2 aromatic heterocycles. The maximum absolute atomic E-state index is 13.1. The number of nitrogens with one attached hydrogen (secondary N) is 1. The zero-order chi connectivity index (χ0) is 23.4. The van der Waals surface area contributed by atoms with Crippen LogP contribution in [0.2, 0.25) is 0 Å². The molecule has 0 spiro atoms. The number of hydrogen-bond donors (Lipinski definition) is 1. The molecule has 0 aliphatic carbocycles. The molecule has 0 fully saturated rings. The Morgan fingerprint density at radius 1 is 0.939 bits per heavy atom. The fourth-order valence-electron chi connectivity index (χ4n) is 3.40.